The van der Waals surface area contributed by atoms with Crippen LogP contribution < -0.4 is 4.90 Å². The van der Waals surface area contributed by atoms with Gasteiger partial charge in [-0.2, -0.15) is 4.98 Å². The maximum atomic E-state index is 12.2. The predicted molar refractivity (Wildman–Crippen MR) is 96.9 cm³/mol. The average Bonchev–Trinajstić information content (AvgIpc) is 3.10. The third kappa shape index (κ3) is 4.24. The first-order valence-corrected chi connectivity index (χ1v) is 9.61. The van der Waals surface area contributed by atoms with Gasteiger partial charge in [-0.3, -0.25) is 9.59 Å². The Kier molecular flexibility index (Phi) is 5.92. The summed E-state index contributed by atoms with van der Waals surface area (Å²) in [6.45, 7) is 4.00. The molecule has 0 saturated carbocycles. The lowest BCUT2D eigenvalue weighted by Gasteiger charge is -2.28. The van der Waals surface area contributed by atoms with Crippen LogP contribution in [-0.4, -0.2) is 34.3 Å². The number of esters is 1. The van der Waals surface area contributed by atoms with Gasteiger partial charge in [0, 0.05) is 17.9 Å². The Bertz CT molecular complexity index is 792. The lowest BCUT2D eigenvalue weighted by Crippen LogP contribution is -2.37. The molecule has 26 heavy (non-hydrogen) atoms. The van der Waals surface area contributed by atoms with Gasteiger partial charge in [-0.05, 0) is 25.5 Å². The molecule has 1 amide bonds. The molecule has 8 heteroatoms. The maximum absolute atomic E-state index is 12.2. The van der Waals surface area contributed by atoms with Crippen LogP contribution in [-0.2, 0) is 20.7 Å². The second-order valence-electron chi connectivity index (χ2n) is 5.98. The van der Waals surface area contributed by atoms with Gasteiger partial charge in [0.25, 0.3) is 5.89 Å². The molecule has 1 aromatic carbocycles. The number of benzene rings is 1. The van der Waals surface area contributed by atoms with E-state index in [2.05, 4.69) is 10.1 Å². The Morgan fingerprint density at radius 2 is 2.23 bits per heavy atom. The topological polar surface area (TPSA) is 85.5 Å². The van der Waals surface area contributed by atoms with Crippen LogP contribution in [0.15, 0.2) is 33.7 Å². The fourth-order valence-corrected chi connectivity index (χ4v) is 3.60. The molecule has 0 bridgehead atoms. The minimum Gasteiger partial charge on any atom is -0.452 e. The van der Waals surface area contributed by atoms with Crippen LogP contribution in [0.25, 0.3) is 0 Å². The SMILES string of the molecule is CCCc1noc(C(C)OC(=O)CCN2C(=O)CSc3ccccc32)n1. The van der Waals surface area contributed by atoms with Gasteiger partial charge in [-0.25, -0.2) is 0 Å². The summed E-state index contributed by atoms with van der Waals surface area (Å²) >= 11 is 1.51. The van der Waals surface area contributed by atoms with E-state index in [9.17, 15) is 9.59 Å². The summed E-state index contributed by atoms with van der Waals surface area (Å²) in [5.41, 5.74) is 0.843. The zero-order valence-corrected chi connectivity index (χ0v) is 15.6. The second kappa shape index (κ2) is 8.35. The highest BCUT2D eigenvalue weighted by Crippen LogP contribution is 2.34. The van der Waals surface area contributed by atoms with Crippen molar-refractivity contribution in [2.75, 3.05) is 17.2 Å². The minimum absolute atomic E-state index is 0.00402. The van der Waals surface area contributed by atoms with Gasteiger partial charge in [0.05, 0.1) is 17.9 Å². The van der Waals surface area contributed by atoms with Crippen LogP contribution in [0.3, 0.4) is 0 Å². The molecule has 1 unspecified atom stereocenters. The minimum atomic E-state index is -0.611. The summed E-state index contributed by atoms with van der Waals surface area (Å²) in [5.74, 6) is 0.868. The number of fused-ring (bicyclic) bond motifs is 1. The Labute approximate surface area is 156 Å². The molecule has 0 fully saturated rings. The van der Waals surface area contributed by atoms with E-state index in [0.29, 0.717) is 11.6 Å². The monoisotopic (exact) mass is 375 g/mol. The molecule has 7 nitrogen and oxygen atoms in total. The van der Waals surface area contributed by atoms with Gasteiger partial charge >= 0.3 is 5.97 Å². The van der Waals surface area contributed by atoms with Gasteiger partial charge in [-0.15, -0.1) is 11.8 Å². The number of hydrogen-bond donors (Lipinski definition) is 0. The van der Waals surface area contributed by atoms with Crippen molar-refractivity contribution in [1.29, 1.82) is 0 Å². The van der Waals surface area contributed by atoms with Crippen molar-refractivity contribution >= 4 is 29.3 Å². The second-order valence-corrected chi connectivity index (χ2v) is 7.00. The smallest absolute Gasteiger partial charge is 0.308 e. The Morgan fingerprint density at radius 3 is 3.04 bits per heavy atom. The molecular weight excluding hydrogens is 354 g/mol. The summed E-state index contributed by atoms with van der Waals surface area (Å²) in [4.78, 5) is 31.3. The first kappa shape index (κ1) is 18.4. The number of nitrogens with zero attached hydrogens (tertiary/aromatic N) is 3. The highest BCUT2D eigenvalue weighted by molar-refractivity contribution is 8.00. The third-order valence-corrected chi connectivity index (χ3v) is 5.01. The Morgan fingerprint density at radius 1 is 1.42 bits per heavy atom. The van der Waals surface area contributed by atoms with Crippen LogP contribution >= 0.6 is 11.8 Å². The number of aryl methyl sites for hydroxylation is 1. The number of aromatic nitrogens is 2. The normalized spacial score (nSPS) is 14.8. The number of anilines is 1. The van der Waals surface area contributed by atoms with Crippen molar-refractivity contribution in [1.82, 2.24) is 10.1 Å². The van der Waals surface area contributed by atoms with E-state index in [0.717, 1.165) is 23.4 Å². The van der Waals surface area contributed by atoms with Gasteiger partial charge in [0.15, 0.2) is 11.9 Å². The highest BCUT2D eigenvalue weighted by atomic mass is 32.2. The molecule has 3 rings (SSSR count). The molecule has 138 valence electrons. The molecule has 0 spiro atoms. The number of para-hydroxylation sites is 1. The van der Waals surface area contributed by atoms with Gasteiger partial charge < -0.3 is 14.2 Å². The van der Waals surface area contributed by atoms with Crippen LogP contribution in [0, 0.1) is 0 Å². The molecule has 1 aromatic heterocycles. The number of hydrogen-bond acceptors (Lipinski definition) is 7. The number of carbonyl (C=O) groups excluding carboxylic acids is 2. The standard InChI is InChI=1S/C18H21N3O4S/c1-3-6-15-19-18(25-20-15)12(2)24-17(23)9-10-21-13-7-4-5-8-14(13)26-11-16(21)22/h4-5,7-8,12H,3,6,9-11H2,1-2H3. The van der Waals surface area contributed by atoms with Crippen molar-refractivity contribution in [3.8, 4) is 0 Å². The maximum Gasteiger partial charge on any atom is 0.308 e. The molecule has 0 N–H and O–H groups in total. The van der Waals surface area contributed by atoms with Crippen LogP contribution in [0.5, 0.6) is 0 Å². The van der Waals surface area contributed by atoms with Crippen LogP contribution in [0.2, 0.25) is 0 Å². The van der Waals surface area contributed by atoms with E-state index in [4.69, 9.17) is 9.26 Å². The predicted octanol–water partition coefficient (Wildman–Crippen LogP) is 3.16. The molecule has 2 aromatic rings. The summed E-state index contributed by atoms with van der Waals surface area (Å²) in [6.07, 6.45) is 1.13. The van der Waals surface area contributed by atoms with Gasteiger partial charge in [0.2, 0.25) is 5.91 Å². The lowest BCUT2D eigenvalue weighted by molar-refractivity contribution is -0.149. The number of rotatable bonds is 7. The Balaban J connectivity index is 1.56. The molecule has 0 radical (unpaired) electrons. The number of ether oxygens (including phenoxy) is 1. The molecule has 0 saturated heterocycles. The Hall–Kier alpha value is -2.35. The number of carbonyl (C=O) groups is 2. The third-order valence-electron chi connectivity index (χ3n) is 3.96. The van der Waals surface area contributed by atoms with Crippen molar-refractivity contribution < 1.29 is 18.8 Å². The van der Waals surface area contributed by atoms with E-state index in [1.165, 1.54) is 11.8 Å². The van der Waals surface area contributed by atoms with E-state index in [1.807, 2.05) is 31.2 Å². The highest BCUT2D eigenvalue weighted by Gasteiger charge is 2.25. The first-order valence-electron chi connectivity index (χ1n) is 8.62. The van der Waals surface area contributed by atoms with Crippen molar-refractivity contribution in [2.45, 2.75) is 44.1 Å². The fourth-order valence-electron chi connectivity index (χ4n) is 2.67. The molecule has 1 aliphatic heterocycles. The zero-order chi connectivity index (χ0) is 18.5. The molecule has 0 aliphatic carbocycles. The van der Waals surface area contributed by atoms with E-state index in [-0.39, 0.29) is 24.8 Å². The van der Waals surface area contributed by atoms with Gasteiger partial charge in [-0.1, -0.05) is 24.2 Å². The van der Waals surface area contributed by atoms with Crippen LogP contribution in [0.1, 0.15) is 44.5 Å². The van der Waals surface area contributed by atoms with E-state index in [1.54, 1.807) is 11.8 Å². The molecule has 2 heterocycles. The van der Waals surface area contributed by atoms with E-state index >= 15 is 0 Å². The van der Waals surface area contributed by atoms with E-state index < -0.39 is 12.1 Å². The van der Waals surface area contributed by atoms with Crippen molar-refractivity contribution in [2.24, 2.45) is 0 Å². The number of amides is 1. The quantitative estimate of drug-likeness (QED) is 0.687. The average molecular weight is 375 g/mol. The number of thioether (sulfide) groups is 1. The zero-order valence-electron chi connectivity index (χ0n) is 14.8. The molecule has 1 atom stereocenters. The van der Waals surface area contributed by atoms with Crippen molar-refractivity contribution in [3.63, 3.8) is 0 Å². The largest absolute Gasteiger partial charge is 0.452 e. The van der Waals surface area contributed by atoms with Crippen LogP contribution in [0.4, 0.5) is 5.69 Å². The summed E-state index contributed by atoms with van der Waals surface area (Å²) in [7, 11) is 0. The lowest BCUT2D eigenvalue weighted by atomic mass is 10.2. The summed E-state index contributed by atoms with van der Waals surface area (Å²) in [5, 5.41) is 3.86. The fraction of sp³-hybridized carbons (Fsp3) is 0.444. The van der Waals surface area contributed by atoms with Crippen molar-refractivity contribution in [3.05, 3.63) is 36.0 Å². The van der Waals surface area contributed by atoms with Gasteiger partial charge in [0.1, 0.15) is 0 Å². The summed E-state index contributed by atoms with van der Waals surface area (Å²) in [6, 6.07) is 7.69. The summed E-state index contributed by atoms with van der Waals surface area (Å²) < 4.78 is 10.5. The molecule has 1 aliphatic rings. The first-order chi connectivity index (χ1) is 12.6. The molecular formula is C18H21N3O4S.